The first-order valence-corrected chi connectivity index (χ1v) is 13.1. The van der Waals surface area contributed by atoms with Crippen LogP contribution >= 0.6 is 11.6 Å². The summed E-state index contributed by atoms with van der Waals surface area (Å²) in [7, 11) is -1.28. The van der Waals surface area contributed by atoms with Gasteiger partial charge in [0.05, 0.1) is 42.2 Å². The molecule has 2 aliphatic rings. The van der Waals surface area contributed by atoms with E-state index in [1.165, 1.54) is 6.07 Å². The molecule has 2 aromatic heterocycles. The molecule has 8 nitrogen and oxygen atoms in total. The zero-order valence-corrected chi connectivity index (χ0v) is 22.3. The fourth-order valence-corrected chi connectivity index (χ4v) is 5.40. The van der Waals surface area contributed by atoms with Gasteiger partial charge in [0.15, 0.2) is 5.43 Å². The third kappa shape index (κ3) is 4.78. The molecular formula is C28H26BClFN3O5. The van der Waals surface area contributed by atoms with Gasteiger partial charge in [0.25, 0.3) is 0 Å². The Morgan fingerprint density at radius 3 is 2.77 bits per heavy atom. The molecule has 11 heteroatoms. The molecule has 0 bridgehead atoms. The van der Waals surface area contributed by atoms with Gasteiger partial charge in [0, 0.05) is 36.2 Å². The number of rotatable bonds is 5. The van der Waals surface area contributed by atoms with Crippen molar-refractivity contribution in [3.8, 4) is 11.3 Å². The highest BCUT2D eigenvalue weighted by Crippen LogP contribution is 2.32. The lowest BCUT2D eigenvalue weighted by Crippen LogP contribution is -2.37. The van der Waals surface area contributed by atoms with E-state index in [2.05, 4.69) is 10.3 Å². The van der Waals surface area contributed by atoms with Crippen LogP contribution in [0, 0.1) is 19.7 Å². The normalized spacial score (nSPS) is 15.2. The summed E-state index contributed by atoms with van der Waals surface area (Å²) in [5.74, 6) is -0.00883. The number of aryl methyl sites for hydroxylation is 1. The molecule has 0 atom stereocenters. The Kier molecular flexibility index (Phi) is 6.80. The van der Waals surface area contributed by atoms with Gasteiger partial charge >= 0.3 is 7.12 Å². The number of hydrogen-bond acceptors (Lipinski definition) is 8. The van der Waals surface area contributed by atoms with E-state index in [4.69, 9.17) is 25.4 Å². The Balaban J connectivity index is 1.39. The first-order valence-electron chi connectivity index (χ1n) is 12.7. The molecule has 2 aromatic carbocycles. The second-order valence-corrected chi connectivity index (χ2v) is 10.2. The van der Waals surface area contributed by atoms with Crippen LogP contribution in [0.4, 0.5) is 16.0 Å². The van der Waals surface area contributed by atoms with Gasteiger partial charge < -0.3 is 29.0 Å². The Morgan fingerprint density at radius 2 is 1.97 bits per heavy atom. The van der Waals surface area contributed by atoms with Crippen molar-refractivity contribution in [1.82, 2.24) is 4.98 Å². The van der Waals surface area contributed by atoms with Crippen LogP contribution in [0.3, 0.4) is 0 Å². The van der Waals surface area contributed by atoms with Crippen molar-refractivity contribution in [3.63, 3.8) is 0 Å². The quantitative estimate of drug-likeness (QED) is 0.286. The number of benzene rings is 2. The van der Waals surface area contributed by atoms with Gasteiger partial charge in [-0.05, 0) is 55.3 Å². The van der Waals surface area contributed by atoms with Crippen LogP contribution < -0.4 is 21.1 Å². The summed E-state index contributed by atoms with van der Waals surface area (Å²) < 4.78 is 31.9. The lowest BCUT2D eigenvalue weighted by atomic mass is 9.78. The van der Waals surface area contributed by atoms with Crippen LogP contribution in [0.5, 0.6) is 0 Å². The van der Waals surface area contributed by atoms with E-state index in [-0.39, 0.29) is 22.7 Å². The lowest BCUT2D eigenvalue weighted by Gasteiger charge is -2.28. The molecule has 1 fully saturated rings. The average molecular weight is 550 g/mol. The Bertz CT molecular complexity index is 1660. The maximum atomic E-state index is 14.9. The number of morpholine rings is 1. The smallest absolute Gasteiger partial charge is 0.440 e. The van der Waals surface area contributed by atoms with Crippen molar-refractivity contribution >= 4 is 46.7 Å². The maximum absolute atomic E-state index is 14.9. The van der Waals surface area contributed by atoms with Gasteiger partial charge in [-0.1, -0.05) is 17.7 Å². The number of anilines is 2. The summed E-state index contributed by atoms with van der Waals surface area (Å²) >= 11 is 6.23. The van der Waals surface area contributed by atoms with Crippen LogP contribution in [0.25, 0.3) is 22.2 Å². The van der Waals surface area contributed by atoms with Crippen LogP contribution in [0.2, 0.25) is 5.15 Å². The molecule has 0 saturated carbocycles. The standard InChI is InChI=1S/C28H26BClFN3O5/c1-15-9-18(27-20(10-15)26(35)16(2)28(39-27)34-5-7-37-8-6-34)13-32-22-3-4-23(30)33-25(22)17-11-19-14-38-29(36)24(19)21(31)12-17/h3-4,9-12,32,36H,5-8,13-14H2,1-2H3. The molecule has 1 saturated heterocycles. The molecule has 4 aromatic rings. The Hall–Kier alpha value is -3.44. The largest absolute Gasteiger partial charge is 0.494 e. The molecule has 39 heavy (non-hydrogen) atoms. The number of fused-ring (bicyclic) bond motifs is 2. The molecular weight excluding hydrogens is 524 g/mol. The summed E-state index contributed by atoms with van der Waals surface area (Å²) in [5, 5.41) is 14.1. The minimum atomic E-state index is -1.28. The van der Waals surface area contributed by atoms with Gasteiger partial charge in [0.1, 0.15) is 16.6 Å². The second kappa shape index (κ2) is 10.3. The van der Waals surface area contributed by atoms with Crippen LogP contribution in [0.15, 0.2) is 45.6 Å². The zero-order valence-electron chi connectivity index (χ0n) is 21.5. The predicted molar refractivity (Wildman–Crippen MR) is 149 cm³/mol. The van der Waals surface area contributed by atoms with Gasteiger partial charge in [-0.2, -0.15) is 0 Å². The number of hydrogen-bond donors (Lipinski definition) is 2. The zero-order chi connectivity index (χ0) is 27.3. The summed E-state index contributed by atoms with van der Waals surface area (Å²) in [6, 6.07) is 10.3. The van der Waals surface area contributed by atoms with E-state index >= 15 is 0 Å². The van der Waals surface area contributed by atoms with Crippen molar-refractivity contribution < 1.29 is 23.2 Å². The summed E-state index contributed by atoms with van der Waals surface area (Å²) in [6.45, 7) is 6.59. The fraction of sp³-hybridized carbons (Fsp3) is 0.286. The van der Waals surface area contributed by atoms with Gasteiger partial charge in [-0.15, -0.1) is 0 Å². The summed E-state index contributed by atoms with van der Waals surface area (Å²) in [5.41, 5.74) is 5.03. The molecule has 2 N–H and O–H groups in total. The molecule has 2 aliphatic heterocycles. The molecule has 200 valence electrons. The van der Waals surface area contributed by atoms with Gasteiger partial charge in [-0.3, -0.25) is 4.79 Å². The summed E-state index contributed by atoms with van der Waals surface area (Å²) in [4.78, 5) is 19.9. The maximum Gasteiger partial charge on any atom is 0.494 e. The van der Waals surface area contributed by atoms with Crippen molar-refractivity contribution in [2.24, 2.45) is 0 Å². The minimum absolute atomic E-state index is 0.0606. The molecule has 0 spiro atoms. The molecule has 4 heterocycles. The molecule has 6 rings (SSSR count). The van der Waals surface area contributed by atoms with E-state index < -0.39 is 12.9 Å². The van der Waals surface area contributed by atoms with Crippen LogP contribution in [-0.4, -0.2) is 43.4 Å². The second-order valence-electron chi connectivity index (χ2n) is 9.84. The first-order chi connectivity index (χ1) is 18.8. The third-order valence-electron chi connectivity index (χ3n) is 7.18. The predicted octanol–water partition coefficient (Wildman–Crippen LogP) is 3.93. The Morgan fingerprint density at radius 1 is 1.18 bits per heavy atom. The van der Waals surface area contributed by atoms with Gasteiger partial charge in [0.2, 0.25) is 5.88 Å². The number of nitrogens with one attached hydrogen (secondary N) is 1. The number of pyridine rings is 1. The highest BCUT2D eigenvalue weighted by Gasteiger charge is 2.32. The van der Waals surface area contributed by atoms with E-state index in [9.17, 15) is 14.2 Å². The van der Waals surface area contributed by atoms with Crippen molar-refractivity contribution in [3.05, 3.63) is 79.8 Å². The Labute approximate surface area is 229 Å². The molecule has 0 amide bonds. The van der Waals surface area contributed by atoms with E-state index in [0.29, 0.717) is 77.8 Å². The summed E-state index contributed by atoms with van der Waals surface area (Å²) in [6.07, 6.45) is 0. The van der Waals surface area contributed by atoms with Crippen LogP contribution in [-0.2, 0) is 22.5 Å². The van der Waals surface area contributed by atoms with Crippen LogP contribution in [0.1, 0.15) is 22.3 Å². The van der Waals surface area contributed by atoms with E-state index in [1.54, 1.807) is 25.1 Å². The third-order valence-corrected chi connectivity index (χ3v) is 7.39. The van der Waals surface area contributed by atoms with Crippen molar-refractivity contribution in [2.75, 3.05) is 36.5 Å². The van der Waals surface area contributed by atoms with Crippen molar-refractivity contribution in [1.29, 1.82) is 0 Å². The van der Waals surface area contributed by atoms with Crippen molar-refractivity contribution in [2.45, 2.75) is 27.0 Å². The number of halogens is 2. The lowest BCUT2D eigenvalue weighted by molar-refractivity contribution is 0.120. The monoisotopic (exact) mass is 549 g/mol. The highest BCUT2D eigenvalue weighted by atomic mass is 35.5. The van der Waals surface area contributed by atoms with Gasteiger partial charge in [-0.25, -0.2) is 9.37 Å². The van der Waals surface area contributed by atoms with E-state index in [0.717, 1.165) is 11.1 Å². The molecule has 0 radical (unpaired) electrons. The first kappa shape index (κ1) is 25.8. The molecule has 0 aliphatic carbocycles. The number of aromatic nitrogens is 1. The SMILES string of the molecule is Cc1cc(CNc2ccc(Cl)nc2-c2cc(F)c3c(c2)COB3O)c2oc(N3CCOCC3)c(C)c(=O)c2c1. The topological polar surface area (TPSA) is 97.1 Å². The highest BCUT2D eigenvalue weighted by molar-refractivity contribution is 6.61. The fourth-order valence-electron chi connectivity index (χ4n) is 5.26. The number of nitrogens with zero attached hydrogens (tertiary/aromatic N) is 2. The number of ether oxygens (including phenoxy) is 1. The average Bonchev–Trinajstić information content (AvgIpc) is 3.31. The molecule has 0 unspecified atom stereocenters. The van der Waals surface area contributed by atoms with E-state index in [1.807, 2.05) is 24.0 Å². The minimum Gasteiger partial charge on any atom is -0.440 e.